The zero-order valence-corrected chi connectivity index (χ0v) is 20.0. The van der Waals surface area contributed by atoms with Crippen LogP contribution in [0.4, 0.5) is 11.4 Å². The molecule has 0 aromatic heterocycles. The number of carbonyl (C=O) groups excluding carboxylic acids is 2. The molecule has 1 atom stereocenters. The SMILES string of the molecule is COc1cc(C)c(/C(O)=C2\C(=O)C(=O)N(c3ccc(N(C)C)cc3)C2c2ccccc2)cc1C. The van der Waals surface area contributed by atoms with Gasteiger partial charge in [0, 0.05) is 31.0 Å². The summed E-state index contributed by atoms with van der Waals surface area (Å²) >= 11 is 0. The van der Waals surface area contributed by atoms with E-state index in [2.05, 4.69) is 0 Å². The van der Waals surface area contributed by atoms with Gasteiger partial charge in [0.2, 0.25) is 0 Å². The molecule has 3 aromatic carbocycles. The van der Waals surface area contributed by atoms with Gasteiger partial charge >= 0.3 is 0 Å². The summed E-state index contributed by atoms with van der Waals surface area (Å²) in [4.78, 5) is 30.1. The highest BCUT2D eigenvalue weighted by Crippen LogP contribution is 2.43. The quantitative estimate of drug-likeness (QED) is 0.332. The molecule has 0 radical (unpaired) electrons. The number of anilines is 2. The Morgan fingerprint density at radius 1 is 0.941 bits per heavy atom. The number of benzene rings is 3. The molecular formula is C28H28N2O4. The summed E-state index contributed by atoms with van der Waals surface area (Å²) in [6, 6.07) is 19.6. The van der Waals surface area contributed by atoms with Gasteiger partial charge in [0.25, 0.3) is 11.7 Å². The third-order valence-electron chi connectivity index (χ3n) is 6.20. The molecule has 1 N–H and O–H groups in total. The molecule has 1 heterocycles. The lowest BCUT2D eigenvalue weighted by molar-refractivity contribution is -0.132. The first kappa shape index (κ1) is 23.1. The van der Waals surface area contributed by atoms with Crippen molar-refractivity contribution in [3.8, 4) is 5.75 Å². The Bertz CT molecular complexity index is 1280. The van der Waals surface area contributed by atoms with Crippen LogP contribution in [0, 0.1) is 13.8 Å². The Balaban J connectivity index is 1.92. The van der Waals surface area contributed by atoms with Gasteiger partial charge in [-0.1, -0.05) is 30.3 Å². The normalized spacial score (nSPS) is 17.2. The van der Waals surface area contributed by atoms with Crippen molar-refractivity contribution in [2.45, 2.75) is 19.9 Å². The topological polar surface area (TPSA) is 70.1 Å². The van der Waals surface area contributed by atoms with E-state index in [4.69, 9.17) is 4.74 Å². The van der Waals surface area contributed by atoms with Gasteiger partial charge in [-0.3, -0.25) is 14.5 Å². The van der Waals surface area contributed by atoms with Gasteiger partial charge in [-0.15, -0.1) is 0 Å². The molecule has 174 valence electrons. The minimum atomic E-state index is -0.756. The predicted molar refractivity (Wildman–Crippen MR) is 134 cm³/mol. The van der Waals surface area contributed by atoms with E-state index in [1.165, 1.54) is 4.90 Å². The Morgan fingerprint density at radius 3 is 2.18 bits per heavy atom. The van der Waals surface area contributed by atoms with Crippen molar-refractivity contribution >= 4 is 28.8 Å². The molecule has 3 aromatic rings. The fraction of sp³-hybridized carbons (Fsp3) is 0.214. The molecule has 0 bridgehead atoms. The van der Waals surface area contributed by atoms with Crippen LogP contribution in [0.15, 0.2) is 72.3 Å². The van der Waals surface area contributed by atoms with Crippen molar-refractivity contribution in [1.29, 1.82) is 0 Å². The van der Waals surface area contributed by atoms with Crippen molar-refractivity contribution in [2.75, 3.05) is 31.0 Å². The molecule has 0 saturated carbocycles. The van der Waals surface area contributed by atoms with Crippen molar-refractivity contribution in [2.24, 2.45) is 0 Å². The van der Waals surface area contributed by atoms with Gasteiger partial charge in [0.15, 0.2) is 0 Å². The second-order valence-corrected chi connectivity index (χ2v) is 8.63. The van der Waals surface area contributed by atoms with Crippen molar-refractivity contribution < 1.29 is 19.4 Å². The Labute approximate surface area is 199 Å². The highest BCUT2D eigenvalue weighted by atomic mass is 16.5. The molecule has 1 amide bonds. The number of carbonyl (C=O) groups is 2. The number of methoxy groups -OCH3 is 1. The summed E-state index contributed by atoms with van der Waals surface area (Å²) in [5.74, 6) is -0.884. The zero-order valence-electron chi connectivity index (χ0n) is 20.0. The molecule has 6 nitrogen and oxygen atoms in total. The van der Waals surface area contributed by atoms with E-state index in [9.17, 15) is 14.7 Å². The van der Waals surface area contributed by atoms with E-state index in [1.54, 1.807) is 13.2 Å². The summed E-state index contributed by atoms with van der Waals surface area (Å²) < 4.78 is 5.39. The lowest BCUT2D eigenvalue weighted by atomic mass is 9.93. The lowest BCUT2D eigenvalue weighted by Crippen LogP contribution is -2.29. The lowest BCUT2D eigenvalue weighted by Gasteiger charge is -2.26. The Morgan fingerprint density at radius 2 is 1.59 bits per heavy atom. The molecule has 1 fully saturated rings. The van der Waals surface area contributed by atoms with Gasteiger partial charge in [-0.2, -0.15) is 0 Å². The smallest absolute Gasteiger partial charge is 0.300 e. The number of nitrogens with zero attached hydrogens (tertiary/aromatic N) is 2. The maximum Gasteiger partial charge on any atom is 0.300 e. The number of ether oxygens (including phenoxy) is 1. The maximum atomic E-state index is 13.3. The van der Waals surface area contributed by atoms with Crippen LogP contribution >= 0.6 is 0 Å². The van der Waals surface area contributed by atoms with Crippen molar-refractivity contribution in [1.82, 2.24) is 0 Å². The van der Waals surface area contributed by atoms with Gasteiger partial charge in [0.1, 0.15) is 11.5 Å². The van der Waals surface area contributed by atoms with Gasteiger partial charge in [0.05, 0.1) is 18.7 Å². The monoisotopic (exact) mass is 456 g/mol. The standard InChI is InChI=1S/C28H28N2O4/c1-17-16-23(34-5)18(2)15-22(17)26(31)24-25(19-9-7-6-8-10-19)30(28(33)27(24)32)21-13-11-20(12-14-21)29(3)4/h6-16,25,31H,1-5H3/b26-24+. The second kappa shape index (κ2) is 9.06. The fourth-order valence-corrected chi connectivity index (χ4v) is 4.37. The molecule has 1 unspecified atom stereocenters. The number of rotatable bonds is 5. The molecule has 4 rings (SSSR count). The third kappa shape index (κ3) is 3.92. The molecule has 0 aliphatic carbocycles. The second-order valence-electron chi connectivity index (χ2n) is 8.63. The molecule has 1 aliphatic heterocycles. The predicted octanol–water partition coefficient (Wildman–Crippen LogP) is 5.00. The Hall–Kier alpha value is -4.06. The molecule has 6 heteroatoms. The average Bonchev–Trinajstić information content (AvgIpc) is 3.10. The molecule has 1 saturated heterocycles. The van der Waals surface area contributed by atoms with Crippen LogP contribution in [-0.4, -0.2) is 38.0 Å². The number of amides is 1. The fourth-order valence-electron chi connectivity index (χ4n) is 4.37. The minimum absolute atomic E-state index is 0.0700. The van der Waals surface area contributed by atoms with E-state index < -0.39 is 17.7 Å². The van der Waals surface area contributed by atoms with Crippen molar-refractivity contribution in [3.63, 3.8) is 0 Å². The summed E-state index contributed by atoms with van der Waals surface area (Å²) in [6.07, 6.45) is 0. The molecular weight excluding hydrogens is 428 g/mol. The maximum absolute atomic E-state index is 13.3. The molecule has 34 heavy (non-hydrogen) atoms. The van der Waals surface area contributed by atoms with Gasteiger partial charge < -0.3 is 14.7 Å². The van der Waals surface area contributed by atoms with Crippen LogP contribution in [0.5, 0.6) is 5.75 Å². The van der Waals surface area contributed by atoms with E-state index in [-0.39, 0.29) is 11.3 Å². The molecule has 0 spiro atoms. The summed E-state index contributed by atoms with van der Waals surface area (Å²) in [5, 5.41) is 11.4. The highest BCUT2D eigenvalue weighted by molar-refractivity contribution is 6.51. The number of aliphatic hydroxyl groups excluding tert-OH is 1. The van der Waals surface area contributed by atoms with Crippen LogP contribution in [0.25, 0.3) is 5.76 Å². The number of Topliss-reactive ketones (excluding diaryl/α,β-unsaturated/α-hetero) is 1. The molecule has 1 aliphatic rings. The number of hydrogen-bond acceptors (Lipinski definition) is 5. The summed E-state index contributed by atoms with van der Waals surface area (Å²) in [6.45, 7) is 3.71. The van der Waals surface area contributed by atoms with E-state index in [1.807, 2.05) is 93.5 Å². The Kier molecular flexibility index (Phi) is 6.16. The van der Waals surface area contributed by atoms with Crippen molar-refractivity contribution in [3.05, 3.63) is 94.6 Å². The average molecular weight is 457 g/mol. The van der Waals surface area contributed by atoms with E-state index in [0.29, 0.717) is 17.0 Å². The van der Waals surface area contributed by atoms with Crippen LogP contribution < -0.4 is 14.5 Å². The first-order chi connectivity index (χ1) is 16.2. The van der Waals surface area contributed by atoms with E-state index >= 15 is 0 Å². The summed E-state index contributed by atoms with van der Waals surface area (Å²) in [7, 11) is 5.46. The van der Waals surface area contributed by atoms with Crippen LogP contribution in [0.1, 0.15) is 28.3 Å². The first-order valence-corrected chi connectivity index (χ1v) is 11.0. The van der Waals surface area contributed by atoms with Crippen LogP contribution in [-0.2, 0) is 9.59 Å². The first-order valence-electron chi connectivity index (χ1n) is 11.0. The minimum Gasteiger partial charge on any atom is -0.507 e. The third-order valence-corrected chi connectivity index (χ3v) is 6.20. The van der Waals surface area contributed by atoms with E-state index in [0.717, 1.165) is 22.4 Å². The van der Waals surface area contributed by atoms with Gasteiger partial charge in [-0.25, -0.2) is 0 Å². The highest BCUT2D eigenvalue weighted by Gasteiger charge is 2.47. The van der Waals surface area contributed by atoms with Crippen LogP contribution in [0.3, 0.4) is 0 Å². The number of aryl methyl sites for hydroxylation is 2. The number of hydrogen-bond donors (Lipinski definition) is 1. The van der Waals surface area contributed by atoms with Crippen LogP contribution in [0.2, 0.25) is 0 Å². The zero-order chi connectivity index (χ0) is 24.6. The number of ketones is 1. The van der Waals surface area contributed by atoms with Gasteiger partial charge in [-0.05, 0) is 66.9 Å². The summed E-state index contributed by atoms with van der Waals surface area (Å²) in [5.41, 5.74) is 4.43. The number of aliphatic hydroxyl groups is 1. The largest absolute Gasteiger partial charge is 0.507 e.